The molecule has 0 radical (unpaired) electrons. The molecule has 0 N–H and O–H groups in total. The first-order valence-corrected chi connectivity index (χ1v) is 25.5. The molecule has 346 valence electrons. The molecule has 0 aromatic heterocycles. The highest BCUT2D eigenvalue weighted by Crippen LogP contribution is 2.15. The van der Waals surface area contributed by atoms with Crippen LogP contribution in [0.15, 0.2) is 72.9 Å². The molecule has 0 heterocycles. The van der Waals surface area contributed by atoms with Crippen molar-refractivity contribution < 1.29 is 23.8 Å². The molecular weight excluding hydrogens is 741 g/mol. The van der Waals surface area contributed by atoms with Crippen LogP contribution in [0.3, 0.4) is 0 Å². The number of carbonyl (C=O) groups excluding carboxylic acids is 2. The Hall–Kier alpha value is -2.66. The van der Waals surface area contributed by atoms with E-state index in [1.54, 1.807) is 0 Å². The van der Waals surface area contributed by atoms with E-state index in [1.807, 2.05) is 0 Å². The SMILES string of the molecule is CC/C=C\C/C=C\C/C=C\CCCCCCCCCC(=O)OCC(COCCCCCC/C=C\C/C=C\C/C=C\CC)OC(=O)CCCCCCCCCCCCCCC. The zero-order valence-electron chi connectivity index (χ0n) is 39.7. The van der Waals surface area contributed by atoms with E-state index in [4.69, 9.17) is 14.2 Å². The molecule has 0 aliphatic rings. The Morgan fingerprint density at radius 2 is 0.750 bits per heavy atom. The van der Waals surface area contributed by atoms with Crippen LogP contribution in [0.1, 0.15) is 239 Å². The van der Waals surface area contributed by atoms with Gasteiger partial charge in [0, 0.05) is 19.4 Å². The number of ether oxygens (including phenoxy) is 3. The van der Waals surface area contributed by atoms with Crippen molar-refractivity contribution in [3.8, 4) is 0 Å². The van der Waals surface area contributed by atoms with Gasteiger partial charge in [-0.2, -0.15) is 0 Å². The van der Waals surface area contributed by atoms with E-state index in [-0.39, 0.29) is 25.2 Å². The van der Waals surface area contributed by atoms with Crippen molar-refractivity contribution in [1.29, 1.82) is 0 Å². The standard InChI is InChI=1S/C55H96O5/c1-4-7-10-13-16-19-22-25-27-28-29-31-33-36-39-42-45-48-54(56)59-52-53(51-58-50-47-44-41-38-35-32-26-23-20-17-14-11-8-5-2)60-55(57)49-46-43-40-37-34-30-24-21-18-15-12-9-6-3/h7-8,10-11,16-17,19-20,25-27,32,53H,4-6,9,12-15,18,21-24,28-31,33-52H2,1-3H3/b10-7-,11-8-,19-16-,20-17-,27-25-,32-26-. The predicted molar refractivity (Wildman–Crippen MR) is 260 cm³/mol. The third kappa shape index (κ3) is 48.0. The van der Waals surface area contributed by atoms with Gasteiger partial charge < -0.3 is 14.2 Å². The molecule has 60 heavy (non-hydrogen) atoms. The van der Waals surface area contributed by atoms with Crippen LogP contribution in [-0.4, -0.2) is 37.9 Å². The first-order valence-electron chi connectivity index (χ1n) is 25.5. The largest absolute Gasteiger partial charge is 0.462 e. The lowest BCUT2D eigenvalue weighted by molar-refractivity contribution is -0.163. The molecule has 0 rings (SSSR count). The van der Waals surface area contributed by atoms with Gasteiger partial charge in [0.1, 0.15) is 6.61 Å². The highest BCUT2D eigenvalue weighted by Gasteiger charge is 2.17. The molecule has 5 nitrogen and oxygen atoms in total. The van der Waals surface area contributed by atoms with Gasteiger partial charge in [-0.1, -0.05) is 216 Å². The lowest BCUT2D eigenvalue weighted by Crippen LogP contribution is -2.30. The van der Waals surface area contributed by atoms with Crippen molar-refractivity contribution in [1.82, 2.24) is 0 Å². The summed E-state index contributed by atoms with van der Waals surface area (Å²) in [4.78, 5) is 25.4. The summed E-state index contributed by atoms with van der Waals surface area (Å²) in [5.74, 6) is -0.417. The molecule has 0 spiro atoms. The molecule has 0 aliphatic heterocycles. The molecule has 0 bridgehead atoms. The number of hydrogen-bond donors (Lipinski definition) is 0. The molecule has 0 aromatic rings. The summed E-state index contributed by atoms with van der Waals surface area (Å²) in [5, 5.41) is 0. The summed E-state index contributed by atoms with van der Waals surface area (Å²) in [6.45, 7) is 7.56. The fourth-order valence-corrected chi connectivity index (χ4v) is 7.01. The first-order chi connectivity index (χ1) is 29.6. The van der Waals surface area contributed by atoms with Crippen molar-refractivity contribution in [2.45, 2.75) is 245 Å². The first kappa shape index (κ1) is 57.3. The molecular formula is C55H96O5. The van der Waals surface area contributed by atoms with Crippen molar-refractivity contribution in [3.05, 3.63) is 72.9 Å². The van der Waals surface area contributed by atoms with Crippen LogP contribution in [0, 0.1) is 0 Å². The summed E-state index contributed by atoms with van der Waals surface area (Å²) < 4.78 is 17.4. The second-order valence-electron chi connectivity index (χ2n) is 16.7. The Bertz CT molecular complexity index is 1080. The van der Waals surface area contributed by atoms with Crippen LogP contribution in [0.25, 0.3) is 0 Å². The summed E-state index contributed by atoms with van der Waals surface area (Å²) in [6, 6.07) is 0. The van der Waals surface area contributed by atoms with Crippen molar-refractivity contribution >= 4 is 11.9 Å². The molecule has 0 aromatic carbocycles. The van der Waals surface area contributed by atoms with E-state index in [9.17, 15) is 9.59 Å². The summed E-state index contributed by atoms with van der Waals surface area (Å²) >= 11 is 0. The minimum Gasteiger partial charge on any atom is -0.462 e. The van der Waals surface area contributed by atoms with Crippen molar-refractivity contribution in [2.24, 2.45) is 0 Å². The van der Waals surface area contributed by atoms with Gasteiger partial charge in [-0.25, -0.2) is 0 Å². The fraction of sp³-hybridized carbons (Fsp3) is 0.745. The van der Waals surface area contributed by atoms with Gasteiger partial charge in [0.2, 0.25) is 0 Å². The van der Waals surface area contributed by atoms with Gasteiger partial charge in [0.15, 0.2) is 6.10 Å². The minimum absolute atomic E-state index is 0.0706. The van der Waals surface area contributed by atoms with Gasteiger partial charge in [-0.15, -0.1) is 0 Å². The monoisotopic (exact) mass is 837 g/mol. The third-order valence-corrected chi connectivity index (χ3v) is 10.7. The maximum Gasteiger partial charge on any atom is 0.306 e. The second-order valence-corrected chi connectivity index (χ2v) is 16.7. The van der Waals surface area contributed by atoms with Crippen LogP contribution >= 0.6 is 0 Å². The van der Waals surface area contributed by atoms with E-state index in [1.165, 1.54) is 109 Å². The lowest BCUT2D eigenvalue weighted by atomic mass is 10.0. The van der Waals surface area contributed by atoms with Gasteiger partial charge in [-0.3, -0.25) is 9.59 Å². The van der Waals surface area contributed by atoms with Crippen LogP contribution in [0.5, 0.6) is 0 Å². The Morgan fingerprint density at radius 1 is 0.383 bits per heavy atom. The van der Waals surface area contributed by atoms with E-state index < -0.39 is 6.10 Å². The third-order valence-electron chi connectivity index (χ3n) is 10.7. The topological polar surface area (TPSA) is 61.8 Å². The molecule has 0 saturated heterocycles. The maximum absolute atomic E-state index is 12.8. The highest BCUT2D eigenvalue weighted by molar-refractivity contribution is 5.70. The number of allylic oxidation sites excluding steroid dienone is 12. The summed E-state index contributed by atoms with van der Waals surface area (Å²) in [7, 11) is 0. The number of unbranched alkanes of at least 4 members (excludes halogenated alkanes) is 23. The van der Waals surface area contributed by atoms with Crippen molar-refractivity contribution in [3.63, 3.8) is 0 Å². The summed E-state index contributed by atoms with van der Waals surface area (Å²) in [5.41, 5.74) is 0. The van der Waals surface area contributed by atoms with Crippen LogP contribution < -0.4 is 0 Å². The molecule has 0 saturated carbocycles. The predicted octanol–water partition coefficient (Wildman–Crippen LogP) is 17.1. The van der Waals surface area contributed by atoms with Gasteiger partial charge >= 0.3 is 11.9 Å². The van der Waals surface area contributed by atoms with Gasteiger partial charge in [-0.05, 0) is 83.5 Å². The lowest BCUT2D eigenvalue weighted by Gasteiger charge is -2.18. The molecule has 0 aliphatic carbocycles. The Morgan fingerprint density at radius 3 is 1.20 bits per heavy atom. The van der Waals surface area contributed by atoms with Gasteiger partial charge in [0.25, 0.3) is 0 Å². The molecule has 1 atom stereocenters. The van der Waals surface area contributed by atoms with Gasteiger partial charge in [0.05, 0.1) is 6.61 Å². The van der Waals surface area contributed by atoms with Crippen LogP contribution in [0.4, 0.5) is 0 Å². The van der Waals surface area contributed by atoms with E-state index in [0.29, 0.717) is 19.4 Å². The Kier molecular flexibility index (Phi) is 48.4. The molecule has 1 unspecified atom stereocenters. The van der Waals surface area contributed by atoms with Crippen LogP contribution in [0.2, 0.25) is 0 Å². The Balaban J connectivity index is 4.30. The average Bonchev–Trinajstić information content (AvgIpc) is 3.25. The van der Waals surface area contributed by atoms with E-state index >= 15 is 0 Å². The average molecular weight is 837 g/mol. The smallest absolute Gasteiger partial charge is 0.306 e. The zero-order valence-corrected chi connectivity index (χ0v) is 39.7. The Labute approximate surface area is 372 Å². The number of rotatable bonds is 46. The number of hydrogen-bond acceptors (Lipinski definition) is 5. The highest BCUT2D eigenvalue weighted by atomic mass is 16.6. The van der Waals surface area contributed by atoms with E-state index in [0.717, 1.165) is 96.3 Å². The second kappa shape index (κ2) is 50.7. The van der Waals surface area contributed by atoms with Crippen LogP contribution in [-0.2, 0) is 23.8 Å². The number of esters is 2. The van der Waals surface area contributed by atoms with E-state index in [2.05, 4.69) is 93.7 Å². The normalized spacial score (nSPS) is 12.8. The summed E-state index contributed by atoms with van der Waals surface area (Å²) in [6.07, 6.45) is 64.8. The molecule has 0 fully saturated rings. The minimum atomic E-state index is -0.551. The van der Waals surface area contributed by atoms with Crippen molar-refractivity contribution in [2.75, 3.05) is 19.8 Å². The molecule has 0 amide bonds. The molecule has 5 heteroatoms. The maximum atomic E-state index is 12.8. The zero-order chi connectivity index (χ0) is 43.5. The quantitative estimate of drug-likeness (QED) is 0.0347. The fourth-order valence-electron chi connectivity index (χ4n) is 7.01. The number of carbonyl (C=O) groups is 2.